The largest absolute Gasteiger partial charge is 0.395 e. The summed E-state index contributed by atoms with van der Waals surface area (Å²) in [4.78, 5) is 14.1. The summed E-state index contributed by atoms with van der Waals surface area (Å²) in [6.07, 6.45) is 2.27. The lowest BCUT2D eigenvalue weighted by atomic mass is 10.2. The molecule has 0 aromatic heterocycles. The molecule has 1 amide bonds. The topological polar surface area (TPSA) is 52.6 Å². The fourth-order valence-electron chi connectivity index (χ4n) is 2.10. The Kier molecular flexibility index (Phi) is 5.18. The monoisotopic (exact) mass is 374 g/mol. The standard InChI is InChI=1S/C14H19IN2O2/c1-10-8-11(15)2-5-13(10)16-14(19)9-17(6-7-18)12-3-4-12/h2,5,8,12,18H,3-4,6-7,9H2,1H3,(H,16,19). The molecule has 0 unspecified atom stereocenters. The van der Waals surface area contributed by atoms with Crippen LogP contribution in [0.2, 0.25) is 0 Å². The summed E-state index contributed by atoms with van der Waals surface area (Å²) in [7, 11) is 0. The summed E-state index contributed by atoms with van der Waals surface area (Å²) in [5.74, 6) is -0.00958. The van der Waals surface area contributed by atoms with Gasteiger partial charge >= 0.3 is 0 Å². The molecular formula is C14H19IN2O2. The van der Waals surface area contributed by atoms with Crippen LogP contribution in [0.4, 0.5) is 5.69 Å². The number of rotatable bonds is 6. The van der Waals surface area contributed by atoms with Crippen LogP contribution in [0.15, 0.2) is 18.2 Å². The summed E-state index contributed by atoms with van der Waals surface area (Å²) >= 11 is 2.25. The number of hydrogen-bond acceptors (Lipinski definition) is 3. The highest BCUT2D eigenvalue weighted by atomic mass is 127. The molecule has 2 N–H and O–H groups in total. The van der Waals surface area contributed by atoms with Crippen LogP contribution in [-0.2, 0) is 4.79 Å². The summed E-state index contributed by atoms with van der Waals surface area (Å²) in [6.45, 7) is 3.02. The van der Waals surface area contributed by atoms with E-state index in [1.54, 1.807) is 0 Å². The molecule has 4 nitrogen and oxygen atoms in total. The van der Waals surface area contributed by atoms with Gasteiger partial charge in [-0.25, -0.2) is 0 Å². The second-order valence-corrected chi connectivity index (χ2v) is 6.18. The van der Waals surface area contributed by atoms with E-state index in [9.17, 15) is 4.79 Å². The Labute approximate surface area is 127 Å². The van der Waals surface area contributed by atoms with Crippen molar-refractivity contribution in [1.29, 1.82) is 0 Å². The van der Waals surface area contributed by atoms with Crippen molar-refractivity contribution in [3.05, 3.63) is 27.3 Å². The summed E-state index contributed by atoms with van der Waals surface area (Å²) in [5.41, 5.74) is 1.94. The highest BCUT2D eigenvalue weighted by Gasteiger charge is 2.29. The molecule has 0 heterocycles. The number of amides is 1. The van der Waals surface area contributed by atoms with Gasteiger partial charge in [0.2, 0.25) is 5.91 Å². The van der Waals surface area contributed by atoms with Crippen LogP contribution in [0.3, 0.4) is 0 Å². The SMILES string of the molecule is Cc1cc(I)ccc1NC(=O)CN(CCO)C1CC1. The van der Waals surface area contributed by atoms with Crippen molar-refractivity contribution < 1.29 is 9.90 Å². The zero-order valence-corrected chi connectivity index (χ0v) is 13.2. The van der Waals surface area contributed by atoms with Crippen LogP contribution in [0.5, 0.6) is 0 Å². The van der Waals surface area contributed by atoms with Crippen molar-refractivity contribution in [2.45, 2.75) is 25.8 Å². The second-order valence-electron chi connectivity index (χ2n) is 4.93. The summed E-state index contributed by atoms with van der Waals surface area (Å²) < 4.78 is 1.16. The molecule has 1 aromatic rings. The minimum absolute atomic E-state index is 0.00958. The van der Waals surface area contributed by atoms with Gasteiger partial charge in [-0.05, 0) is 66.1 Å². The molecule has 104 valence electrons. The molecular weight excluding hydrogens is 355 g/mol. The first-order chi connectivity index (χ1) is 9.10. The average Bonchev–Trinajstić information content (AvgIpc) is 3.16. The minimum Gasteiger partial charge on any atom is -0.395 e. The van der Waals surface area contributed by atoms with Crippen molar-refractivity contribution in [2.75, 3.05) is 25.0 Å². The molecule has 0 atom stereocenters. The van der Waals surface area contributed by atoms with Gasteiger partial charge in [-0.3, -0.25) is 9.69 Å². The predicted octanol–water partition coefficient (Wildman–Crippen LogP) is 1.99. The van der Waals surface area contributed by atoms with E-state index in [1.807, 2.05) is 25.1 Å². The Morgan fingerprint density at radius 2 is 2.26 bits per heavy atom. The maximum Gasteiger partial charge on any atom is 0.238 e. The lowest BCUT2D eigenvalue weighted by molar-refractivity contribution is -0.117. The number of benzene rings is 1. The van der Waals surface area contributed by atoms with Crippen LogP contribution < -0.4 is 5.32 Å². The normalized spacial score (nSPS) is 14.7. The number of aryl methyl sites for hydroxylation is 1. The van der Waals surface area contributed by atoms with E-state index in [4.69, 9.17) is 5.11 Å². The highest BCUT2D eigenvalue weighted by molar-refractivity contribution is 14.1. The Morgan fingerprint density at radius 3 is 2.84 bits per heavy atom. The van der Waals surface area contributed by atoms with Gasteiger partial charge in [0.15, 0.2) is 0 Å². The molecule has 1 aliphatic carbocycles. The minimum atomic E-state index is -0.00958. The maximum absolute atomic E-state index is 12.0. The van der Waals surface area contributed by atoms with E-state index < -0.39 is 0 Å². The zero-order valence-electron chi connectivity index (χ0n) is 11.0. The zero-order chi connectivity index (χ0) is 13.8. The third-order valence-corrected chi connectivity index (χ3v) is 3.93. The number of nitrogens with one attached hydrogen (secondary N) is 1. The van der Waals surface area contributed by atoms with Crippen molar-refractivity contribution >= 4 is 34.2 Å². The number of hydrogen-bond donors (Lipinski definition) is 2. The Balaban J connectivity index is 1.92. The Hall–Kier alpha value is -0.660. The van der Waals surface area contributed by atoms with Gasteiger partial charge in [0.05, 0.1) is 13.2 Å². The summed E-state index contributed by atoms with van der Waals surface area (Å²) in [6, 6.07) is 6.44. The van der Waals surface area contributed by atoms with E-state index in [2.05, 4.69) is 32.8 Å². The molecule has 0 spiro atoms. The molecule has 1 aromatic carbocycles. The first-order valence-electron chi connectivity index (χ1n) is 6.51. The predicted molar refractivity (Wildman–Crippen MR) is 84.2 cm³/mol. The molecule has 0 saturated heterocycles. The quantitative estimate of drug-likeness (QED) is 0.749. The molecule has 1 saturated carbocycles. The van der Waals surface area contributed by atoms with E-state index in [1.165, 1.54) is 0 Å². The van der Waals surface area contributed by atoms with Gasteiger partial charge in [0.25, 0.3) is 0 Å². The fraction of sp³-hybridized carbons (Fsp3) is 0.500. The lowest BCUT2D eigenvalue weighted by Gasteiger charge is -2.20. The van der Waals surface area contributed by atoms with E-state index in [0.717, 1.165) is 27.7 Å². The van der Waals surface area contributed by atoms with Gasteiger partial charge in [-0.15, -0.1) is 0 Å². The van der Waals surface area contributed by atoms with Crippen LogP contribution in [0.1, 0.15) is 18.4 Å². The molecule has 0 radical (unpaired) electrons. The van der Waals surface area contributed by atoms with E-state index in [-0.39, 0.29) is 12.5 Å². The molecule has 1 aliphatic rings. The van der Waals surface area contributed by atoms with Crippen LogP contribution >= 0.6 is 22.6 Å². The lowest BCUT2D eigenvalue weighted by Crippen LogP contribution is -2.36. The Morgan fingerprint density at radius 1 is 1.53 bits per heavy atom. The molecule has 2 rings (SSSR count). The number of carbonyl (C=O) groups excluding carboxylic acids is 1. The average molecular weight is 374 g/mol. The molecule has 19 heavy (non-hydrogen) atoms. The molecule has 0 aliphatic heterocycles. The second kappa shape index (κ2) is 6.67. The van der Waals surface area contributed by atoms with Gasteiger partial charge in [-0.1, -0.05) is 0 Å². The van der Waals surface area contributed by atoms with Crippen molar-refractivity contribution in [1.82, 2.24) is 4.90 Å². The van der Waals surface area contributed by atoms with Crippen LogP contribution in [-0.4, -0.2) is 41.7 Å². The van der Waals surface area contributed by atoms with Gasteiger partial charge in [0.1, 0.15) is 0 Å². The molecule has 5 heteroatoms. The van der Waals surface area contributed by atoms with E-state index >= 15 is 0 Å². The molecule has 1 fully saturated rings. The number of aliphatic hydroxyl groups is 1. The highest BCUT2D eigenvalue weighted by Crippen LogP contribution is 2.26. The first kappa shape index (κ1) is 14.7. The number of anilines is 1. The van der Waals surface area contributed by atoms with Gasteiger partial charge in [0, 0.05) is 21.8 Å². The third kappa shape index (κ3) is 4.43. The van der Waals surface area contributed by atoms with Crippen molar-refractivity contribution in [3.63, 3.8) is 0 Å². The van der Waals surface area contributed by atoms with Crippen molar-refractivity contribution in [2.24, 2.45) is 0 Å². The summed E-state index contributed by atoms with van der Waals surface area (Å²) in [5, 5.41) is 12.0. The number of carbonyl (C=O) groups is 1. The van der Waals surface area contributed by atoms with Crippen LogP contribution in [0, 0.1) is 10.5 Å². The Bertz CT molecular complexity index is 461. The number of halogens is 1. The number of aliphatic hydroxyl groups excluding tert-OH is 1. The smallest absolute Gasteiger partial charge is 0.238 e. The van der Waals surface area contributed by atoms with E-state index in [0.29, 0.717) is 19.1 Å². The van der Waals surface area contributed by atoms with Crippen LogP contribution in [0.25, 0.3) is 0 Å². The van der Waals surface area contributed by atoms with Crippen molar-refractivity contribution in [3.8, 4) is 0 Å². The number of nitrogens with zero attached hydrogens (tertiary/aromatic N) is 1. The third-order valence-electron chi connectivity index (χ3n) is 3.26. The van der Waals surface area contributed by atoms with Gasteiger partial charge in [-0.2, -0.15) is 0 Å². The first-order valence-corrected chi connectivity index (χ1v) is 7.59. The molecule has 0 bridgehead atoms. The van der Waals surface area contributed by atoms with Gasteiger partial charge < -0.3 is 10.4 Å². The maximum atomic E-state index is 12.0. The fourth-order valence-corrected chi connectivity index (χ4v) is 2.75.